The van der Waals surface area contributed by atoms with E-state index in [1.807, 2.05) is 0 Å². The molecule has 0 saturated carbocycles. The summed E-state index contributed by atoms with van der Waals surface area (Å²) in [4.78, 5) is 8.75. The molecule has 0 aliphatic heterocycles. The topological polar surface area (TPSA) is 96.4 Å². The van der Waals surface area contributed by atoms with Crippen molar-refractivity contribution >= 4 is 16.2 Å². The molecule has 1 aromatic carbocycles. The van der Waals surface area contributed by atoms with Crippen LogP contribution in [0.15, 0.2) is 46.8 Å². The normalized spacial score (nSPS) is 11.6. The van der Waals surface area contributed by atoms with E-state index in [0.717, 1.165) is 0 Å². The van der Waals surface area contributed by atoms with Gasteiger partial charge < -0.3 is 9.72 Å². The van der Waals surface area contributed by atoms with Crippen molar-refractivity contribution in [2.24, 2.45) is 5.10 Å². The average Bonchev–Trinajstić information content (AvgIpc) is 2.92. The van der Waals surface area contributed by atoms with Crippen LogP contribution in [0.3, 0.4) is 0 Å². The standard InChI is InChI=1S/C11H12N4O3S/c1-18-10-2-4-11(5-3-10)19(16,17)15-14-7-9-6-12-8-13-9/h2-8,15H,1H3,(H,12,13)/b14-7-. The lowest BCUT2D eigenvalue weighted by Crippen LogP contribution is -2.18. The van der Waals surface area contributed by atoms with Gasteiger partial charge in [0.1, 0.15) is 5.75 Å². The van der Waals surface area contributed by atoms with E-state index in [4.69, 9.17) is 4.74 Å². The number of hydrogen-bond acceptors (Lipinski definition) is 5. The number of aromatic amines is 1. The van der Waals surface area contributed by atoms with Crippen molar-refractivity contribution in [2.75, 3.05) is 7.11 Å². The third kappa shape index (κ3) is 3.32. The highest BCUT2D eigenvalue weighted by Crippen LogP contribution is 2.15. The number of aromatic nitrogens is 2. The number of nitrogens with one attached hydrogen (secondary N) is 2. The molecule has 0 bridgehead atoms. The lowest BCUT2D eigenvalue weighted by Gasteiger charge is -2.04. The first-order chi connectivity index (χ1) is 9.12. The Balaban J connectivity index is 2.09. The first-order valence-corrected chi connectivity index (χ1v) is 6.77. The first-order valence-electron chi connectivity index (χ1n) is 5.29. The molecule has 0 aliphatic rings. The van der Waals surface area contributed by atoms with Crippen LogP contribution in [0, 0.1) is 0 Å². The molecule has 19 heavy (non-hydrogen) atoms. The van der Waals surface area contributed by atoms with Crippen LogP contribution < -0.4 is 9.57 Å². The molecule has 100 valence electrons. The number of H-pyrrole nitrogens is 1. The third-order valence-electron chi connectivity index (χ3n) is 2.27. The lowest BCUT2D eigenvalue weighted by molar-refractivity contribution is 0.414. The Morgan fingerprint density at radius 2 is 2.11 bits per heavy atom. The fourth-order valence-electron chi connectivity index (χ4n) is 1.31. The van der Waals surface area contributed by atoms with Gasteiger partial charge in [0.2, 0.25) is 0 Å². The Bertz CT molecular complexity index is 648. The van der Waals surface area contributed by atoms with Gasteiger partial charge in [-0.2, -0.15) is 13.5 Å². The smallest absolute Gasteiger partial charge is 0.276 e. The number of hydrazone groups is 1. The molecule has 0 unspecified atom stereocenters. The number of sulfonamides is 1. The third-order valence-corrected chi connectivity index (χ3v) is 3.50. The highest BCUT2D eigenvalue weighted by Gasteiger charge is 2.12. The molecule has 0 radical (unpaired) electrons. The van der Waals surface area contributed by atoms with Crippen molar-refractivity contribution in [3.63, 3.8) is 0 Å². The van der Waals surface area contributed by atoms with Crippen LogP contribution in [-0.4, -0.2) is 31.7 Å². The van der Waals surface area contributed by atoms with Gasteiger partial charge >= 0.3 is 0 Å². The predicted molar refractivity (Wildman–Crippen MR) is 69.5 cm³/mol. The molecule has 2 rings (SSSR count). The van der Waals surface area contributed by atoms with Gasteiger partial charge in [-0.05, 0) is 24.3 Å². The second-order valence-corrected chi connectivity index (χ2v) is 5.20. The van der Waals surface area contributed by atoms with Crippen molar-refractivity contribution in [2.45, 2.75) is 4.90 Å². The summed E-state index contributed by atoms with van der Waals surface area (Å²) in [5.41, 5.74) is 0.595. The van der Waals surface area contributed by atoms with Gasteiger partial charge in [0.15, 0.2) is 0 Å². The van der Waals surface area contributed by atoms with E-state index >= 15 is 0 Å². The monoisotopic (exact) mass is 280 g/mol. The maximum absolute atomic E-state index is 11.9. The van der Waals surface area contributed by atoms with Crippen molar-refractivity contribution in [1.29, 1.82) is 0 Å². The molecule has 8 heteroatoms. The predicted octanol–water partition coefficient (Wildman–Crippen LogP) is 0.731. The van der Waals surface area contributed by atoms with Crippen LogP contribution in [0.4, 0.5) is 0 Å². The number of hydrogen-bond donors (Lipinski definition) is 2. The number of benzene rings is 1. The van der Waals surface area contributed by atoms with Gasteiger partial charge in [0, 0.05) is 0 Å². The number of nitrogens with zero attached hydrogens (tertiary/aromatic N) is 2. The van der Waals surface area contributed by atoms with Crippen LogP contribution in [-0.2, 0) is 10.0 Å². The lowest BCUT2D eigenvalue weighted by atomic mass is 10.3. The maximum atomic E-state index is 11.9. The van der Waals surface area contributed by atoms with Crippen LogP contribution in [0.25, 0.3) is 0 Å². The zero-order valence-electron chi connectivity index (χ0n) is 10.1. The largest absolute Gasteiger partial charge is 0.497 e. The highest BCUT2D eigenvalue weighted by molar-refractivity contribution is 7.89. The molecule has 0 aliphatic carbocycles. The summed E-state index contributed by atoms with van der Waals surface area (Å²) < 4.78 is 28.7. The quantitative estimate of drug-likeness (QED) is 0.623. The summed E-state index contributed by atoms with van der Waals surface area (Å²) >= 11 is 0. The summed E-state index contributed by atoms with van der Waals surface area (Å²) in [6, 6.07) is 6.00. The second-order valence-electron chi connectivity index (χ2n) is 3.54. The summed E-state index contributed by atoms with van der Waals surface area (Å²) in [5.74, 6) is 0.583. The second kappa shape index (κ2) is 5.53. The van der Waals surface area contributed by atoms with Gasteiger partial charge in [0.05, 0.1) is 36.4 Å². The Kier molecular flexibility index (Phi) is 3.81. The van der Waals surface area contributed by atoms with E-state index in [1.54, 1.807) is 12.1 Å². The number of ether oxygens (including phenoxy) is 1. The number of rotatable bonds is 5. The summed E-state index contributed by atoms with van der Waals surface area (Å²) in [6.07, 6.45) is 4.32. The Morgan fingerprint density at radius 1 is 1.37 bits per heavy atom. The fourth-order valence-corrected chi connectivity index (χ4v) is 2.10. The van der Waals surface area contributed by atoms with E-state index in [0.29, 0.717) is 11.4 Å². The molecule has 2 aromatic rings. The molecule has 1 aromatic heterocycles. The summed E-state index contributed by atoms with van der Waals surface area (Å²) in [6.45, 7) is 0. The van der Waals surface area contributed by atoms with Crippen LogP contribution in [0.1, 0.15) is 5.69 Å². The molecule has 0 spiro atoms. The molecule has 2 N–H and O–H groups in total. The SMILES string of the molecule is COc1ccc(S(=O)(=O)N/N=C\c2cnc[nH]2)cc1. The van der Waals surface area contributed by atoms with E-state index < -0.39 is 10.0 Å². The Morgan fingerprint density at radius 3 is 2.68 bits per heavy atom. The van der Waals surface area contributed by atoms with Gasteiger partial charge in [-0.15, -0.1) is 0 Å². The summed E-state index contributed by atoms with van der Waals surface area (Å²) in [7, 11) is -2.17. The highest BCUT2D eigenvalue weighted by atomic mass is 32.2. The number of imidazole rings is 1. The fraction of sp³-hybridized carbons (Fsp3) is 0.0909. The maximum Gasteiger partial charge on any atom is 0.276 e. The van der Waals surface area contributed by atoms with Crippen molar-refractivity contribution in [3.8, 4) is 5.75 Å². The van der Waals surface area contributed by atoms with Crippen LogP contribution in [0.5, 0.6) is 5.75 Å². The Labute approximate surface area is 110 Å². The molecule has 1 heterocycles. The molecule has 0 amide bonds. The van der Waals surface area contributed by atoms with Crippen molar-refractivity contribution < 1.29 is 13.2 Å². The van der Waals surface area contributed by atoms with E-state index in [2.05, 4.69) is 19.9 Å². The van der Waals surface area contributed by atoms with Gasteiger partial charge in [-0.3, -0.25) is 0 Å². The Hall–Kier alpha value is -2.35. The van der Waals surface area contributed by atoms with Crippen LogP contribution in [0.2, 0.25) is 0 Å². The summed E-state index contributed by atoms with van der Waals surface area (Å²) in [5, 5.41) is 3.64. The minimum absolute atomic E-state index is 0.107. The van der Waals surface area contributed by atoms with Gasteiger partial charge in [0.25, 0.3) is 10.0 Å². The van der Waals surface area contributed by atoms with Crippen LogP contribution >= 0.6 is 0 Å². The van der Waals surface area contributed by atoms with Gasteiger partial charge in [-0.25, -0.2) is 9.82 Å². The van der Waals surface area contributed by atoms with E-state index in [-0.39, 0.29) is 4.90 Å². The minimum Gasteiger partial charge on any atom is -0.497 e. The molecular weight excluding hydrogens is 268 g/mol. The number of methoxy groups -OCH3 is 1. The molecule has 0 fully saturated rings. The van der Waals surface area contributed by atoms with Crippen molar-refractivity contribution in [1.82, 2.24) is 14.8 Å². The molecule has 7 nitrogen and oxygen atoms in total. The average molecular weight is 280 g/mol. The van der Waals surface area contributed by atoms with E-state index in [9.17, 15) is 8.42 Å². The zero-order chi connectivity index (χ0) is 13.7. The molecular formula is C11H12N4O3S. The molecule has 0 saturated heterocycles. The zero-order valence-corrected chi connectivity index (χ0v) is 10.9. The van der Waals surface area contributed by atoms with Crippen molar-refractivity contribution in [3.05, 3.63) is 42.5 Å². The van der Waals surface area contributed by atoms with Gasteiger partial charge in [-0.1, -0.05) is 0 Å². The minimum atomic E-state index is -3.68. The first kappa shape index (κ1) is 13.1. The van der Waals surface area contributed by atoms with E-state index in [1.165, 1.54) is 38.0 Å². The molecule has 0 atom stereocenters.